The lowest BCUT2D eigenvalue weighted by Crippen LogP contribution is -2.24. The first kappa shape index (κ1) is 22.1. The zero-order valence-electron chi connectivity index (χ0n) is 18.5. The number of ether oxygens (including phenoxy) is 1. The van der Waals surface area contributed by atoms with Crippen LogP contribution in [0.1, 0.15) is 43.7 Å². The van der Waals surface area contributed by atoms with Crippen LogP contribution in [0.3, 0.4) is 0 Å². The molecule has 0 spiro atoms. The van der Waals surface area contributed by atoms with Crippen molar-refractivity contribution < 1.29 is 24.3 Å². The average Bonchev–Trinajstić information content (AvgIpc) is 3.02. The molecule has 9 nitrogen and oxygen atoms in total. The van der Waals surface area contributed by atoms with Crippen molar-refractivity contribution in [2.75, 3.05) is 10.4 Å². The van der Waals surface area contributed by atoms with Crippen LogP contribution in [0.2, 0.25) is 0 Å². The third kappa shape index (κ3) is 4.18. The highest BCUT2D eigenvalue weighted by Crippen LogP contribution is 2.39. The maximum Gasteiger partial charge on any atom is 0.316 e. The lowest BCUT2D eigenvalue weighted by Gasteiger charge is -2.17. The molecule has 0 aliphatic carbocycles. The molecule has 0 saturated heterocycles. The molecule has 168 valence electrons. The number of hydrogen-bond donors (Lipinski definition) is 2. The van der Waals surface area contributed by atoms with E-state index in [2.05, 4.69) is 15.3 Å². The summed E-state index contributed by atoms with van der Waals surface area (Å²) in [5.74, 6) is -1.64. The minimum atomic E-state index is -0.759. The third-order valence-electron chi connectivity index (χ3n) is 5.05. The fourth-order valence-corrected chi connectivity index (χ4v) is 3.27. The second-order valence-electron chi connectivity index (χ2n) is 8.62. The molecule has 1 aliphatic rings. The molecule has 9 heteroatoms. The van der Waals surface area contributed by atoms with Gasteiger partial charge in [0.05, 0.1) is 33.9 Å². The first-order valence-electron chi connectivity index (χ1n) is 10.2. The molecular weight excluding hydrogens is 424 g/mol. The molecule has 0 fully saturated rings. The van der Waals surface area contributed by atoms with Crippen LogP contribution >= 0.6 is 0 Å². The van der Waals surface area contributed by atoms with Crippen molar-refractivity contribution in [1.82, 2.24) is 9.97 Å². The molecule has 0 bridgehead atoms. The lowest BCUT2D eigenvalue weighted by atomic mass is 9.97. The van der Waals surface area contributed by atoms with Gasteiger partial charge in [-0.3, -0.25) is 24.6 Å². The number of benzene rings is 2. The van der Waals surface area contributed by atoms with Gasteiger partial charge in [0.15, 0.2) is 0 Å². The summed E-state index contributed by atoms with van der Waals surface area (Å²) in [6.45, 7) is 6.59. The van der Waals surface area contributed by atoms with E-state index in [1.54, 1.807) is 51.1 Å². The molecule has 0 atom stereocenters. The summed E-state index contributed by atoms with van der Waals surface area (Å²) in [6.07, 6.45) is 1.38. The molecule has 2 heterocycles. The number of fused-ring (bicyclic) bond motifs is 2. The summed E-state index contributed by atoms with van der Waals surface area (Å²) in [5, 5.41) is 13.5. The van der Waals surface area contributed by atoms with Crippen molar-refractivity contribution in [1.29, 1.82) is 0 Å². The van der Waals surface area contributed by atoms with Crippen LogP contribution in [-0.2, 0) is 14.3 Å². The Kier molecular flexibility index (Phi) is 5.43. The Labute approximate surface area is 189 Å². The number of anilines is 2. The van der Waals surface area contributed by atoms with Crippen LogP contribution in [0.25, 0.3) is 16.6 Å². The van der Waals surface area contributed by atoms with E-state index in [1.807, 2.05) is 6.07 Å². The SMILES string of the molecule is C/C(OC(=O)C(C)(C)C)=C1/C(=O)N(O)c2cc(NC(=O)c3cnc4ccccc4n3)ccc21. The van der Waals surface area contributed by atoms with E-state index in [4.69, 9.17) is 4.74 Å². The van der Waals surface area contributed by atoms with Gasteiger partial charge in [-0.05, 0) is 58.0 Å². The molecule has 4 rings (SSSR count). The predicted molar refractivity (Wildman–Crippen MR) is 121 cm³/mol. The van der Waals surface area contributed by atoms with Crippen LogP contribution in [0.4, 0.5) is 11.4 Å². The van der Waals surface area contributed by atoms with Gasteiger partial charge in [-0.25, -0.2) is 4.98 Å². The molecule has 33 heavy (non-hydrogen) atoms. The maximum atomic E-state index is 12.7. The van der Waals surface area contributed by atoms with Crippen molar-refractivity contribution in [3.8, 4) is 0 Å². The van der Waals surface area contributed by atoms with E-state index in [0.717, 1.165) is 0 Å². The minimum absolute atomic E-state index is 0.0726. The number of para-hydroxylation sites is 2. The number of nitrogens with zero attached hydrogens (tertiary/aromatic N) is 3. The lowest BCUT2D eigenvalue weighted by molar-refractivity contribution is -0.148. The number of hydroxylamine groups is 1. The van der Waals surface area contributed by atoms with Crippen molar-refractivity contribution in [3.63, 3.8) is 0 Å². The number of aromatic nitrogens is 2. The summed E-state index contributed by atoms with van der Waals surface area (Å²) >= 11 is 0. The van der Waals surface area contributed by atoms with Crippen molar-refractivity contribution in [2.24, 2.45) is 5.41 Å². The summed E-state index contributed by atoms with van der Waals surface area (Å²) in [4.78, 5) is 46.1. The van der Waals surface area contributed by atoms with Gasteiger partial charge in [-0.2, -0.15) is 5.06 Å². The summed E-state index contributed by atoms with van der Waals surface area (Å²) in [5.41, 5.74) is 1.56. The molecule has 2 aromatic carbocycles. The second-order valence-corrected chi connectivity index (χ2v) is 8.62. The van der Waals surface area contributed by atoms with Crippen molar-refractivity contribution >= 4 is 45.8 Å². The highest BCUT2D eigenvalue weighted by atomic mass is 16.5. The number of nitrogens with one attached hydrogen (secondary N) is 1. The Bertz CT molecular complexity index is 1340. The number of carbonyl (C=O) groups excluding carboxylic acids is 3. The third-order valence-corrected chi connectivity index (χ3v) is 5.05. The number of amides is 2. The largest absolute Gasteiger partial charge is 0.430 e. The number of allylic oxidation sites excluding steroid dienone is 1. The van der Waals surface area contributed by atoms with Crippen LogP contribution in [-0.4, -0.2) is 33.0 Å². The van der Waals surface area contributed by atoms with E-state index >= 15 is 0 Å². The summed E-state index contributed by atoms with van der Waals surface area (Å²) in [7, 11) is 0. The topological polar surface area (TPSA) is 122 Å². The molecule has 3 aromatic rings. The Morgan fingerprint density at radius 1 is 1.09 bits per heavy atom. The van der Waals surface area contributed by atoms with Gasteiger partial charge in [-0.1, -0.05) is 12.1 Å². The zero-order valence-corrected chi connectivity index (χ0v) is 18.5. The van der Waals surface area contributed by atoms with E-state index in [0.29, 0.717) is 27.3 Å². The van der Waals surface area contributed by atoms with Gasteiger partial charge in [-0.15, -0.1) is 0 Å². The van der Waals surface area contributed by atoms with Crippen molar-refractivity contribution in [3.05, 3.63) is 65.7 Å². The number of rotatable bonds is 3. The van der Waals surface area contributed by atoms with Crippen LogP contribution in [0, 0.1) is 5.41 Å². The van der Waals surface area contributed by atoms with Crippen LogP contribution < -0.4 is 10.4 Å². The molecular formula is C24H22N4O5. The highest BCUT2D eigenvalue weighted by Gasteiger charge is 2.36. The quantitative estimate of drug-likeness (QED) is 0.270. The predicted octanol–water partition coefficient (Wildman–Crippen LogP) is 3.94. The van der Waals surface area contributed by atoms with Crippen LogP contribution in [0.15, 0.2) is 54.4 Å². The Balaban J connectivity index is 1.61. The Morgan fingerprint density at radius 3 is 2.48 bits per heavy atom. The first-order valence-corrected chi connectivity index (χ1v) is 10.2. The molecule has 0 saturated carbocycles. The van der Waals surface area contributed by atoms with Crippen LogP contribution in [0.5, 0.6) is 0 Å². The summed E-state index contributed by atoms with van der Waals surface area (Å²) in [6, 6.07) is 11.8. The van der Waals surface area contributed by atoms with E-state index in [1.165, 1.54) is 19.2 Å². The fourth-order valence-electron chi connectivity index (χ4n) is 3.27. The van der Waals surface area contributed by atoms with E-state index in [9.17, 15) is 19.6 Å². The normalized spacial score (nSPS) is 14.8. The number of esters is 1. The molecule has 2 amide bonds. The monoisotopic (exact) mass is 446 g/mol. The first-order chi connectivity index (χ1) is 15.6. The average molecular weight is 446 g/mol. The van der Waals surface area contributed by atoms with Crippen molar-refractivity contribution in [2.45, 2.75) is 27.7 Å². The van der Waals surface area contributed by atoms with E-state index < -0.39 is 23.2 Å². The number of hydrogen-bond acceptors (Lipinski definition) is 7. The van der Waals surface area contributed by atoms with Gasteiger partial charge >= 0.3 is 5.97 Å². The molecule has 0 unspecified atom stereocenters. The zero-order chi connectivity index (χ0) is 23.9. The summed E-state index contributed by atoms with van der Waals surface area (Å²) < 4.78 is 5.36. The van der Waals surface area contributed by atoms with Gasteiger partial charge in [0.1, 0.15) is 11.5 Å². The van der Waals surface area contributed by atoms with E-state index in [-0.39, 0.29) is 22.7 Å². The molecule has 0 radical (unpaired) electrons. The number of carbonyl (C=O) groups is 3. The highest BCUT2D eigenvalue weighted by molar-refractivity contribution is 6.32. The molecule has 1 aromatic heterocycles. The smallest absolute Gasteiger partial charge is 0.316 e. The standard InChI is InChI=1S/C24H22N4O5/c1-13(33-23(31)24(2,3)4)20-15-10-9-14(11-19(15)28(32)22(20)30)26-21(29)18-12-25-16-7-5-6-8-17(16)27-18/h5-12,32H,1-4H3,(H,26,29)/b20-13-. The second kappa shape index (κ2) is 8.10. The Morgan fingerprint density at radius 2 is 1.79 bits per heavy atom. The van der Waals surface area contributed by atoms with Gasteiger partial charge < -0.3 is 10.1 Å². The fraction of sp³-hybridized carbons (Fsp3) is 0.208. The van der Waals surface area contributed by atoms with Gasteiger partial charge in [0.2, 0.25) is 0 Å². The molecule has 2 N–H and O–H groups in total. The maximum absolute atomic E-state index is 12.7. The molecule has 1 aliphatic heterocycles. The Hall–Kier alpha value is -4.11. The van der Waals surface area contributed by atoms with Gasteiger partial charge in [0, 0.05) is 11.3 Å². The minimum Gasteiger partial charge on any atom is -0.430 e. The van der Waals surface area contributed by atoms with Gasteiger partial charge in [0.25, 0.3) is 11.8 Å².